The molecule has 8 heteroatoms. The van der Waals surface area contributed by atoms with Gasteiger partial charge in [-0.15, -0.1) is 0 Å². The number of piperidine rings is 1. The van der Waals surface area contributed by atoms with Crippen molar-refractivity contribution >= 4 is 17.2 Å². The van der Waals surface area contributed by atoms with Crippen molar-refractivity contribution in [3.05, 3.63) is 66.0 Å². The molecule has 3 rings (SSSR count). The van der Waals surface area contributed by atoms with Gasteiger partial charge in [-0.1, -0.05) is 42.8 Å². The Morgan fingerprint density at radius 2 is 1.78 bits per heavy atom. The summed E-state index contributed by atoms with van der Waals surface area (Å²) in [5, 5.41) is 3.28. The van der Waals surface area contributed by atoms with Gasteiger partial charge in [0.2, 0.25) is 0 Å². The molecule has 3 N–H and O–H groups in total. The molecule has 0 spiro atoms. The van der Waals surface area contributed by atoms with Gasteiger partial charge in [-0.25, -0.2) is 9.18 Å². The number of carbonyl (C=O) groups is 1. The van der Waals surface area contributed by atoms with Crippen molar-refractivity contribution < 1.29 is 22.7 Å². The van der Waals surface area contributed by atoms with Crippen LogP contribution in [0.4, 0.5) is 9.18 Å². The average Bonchev–Trinajstić information content (AvgIpc) is 2.69. The SMILES string of the molecule is C1CCNCC1.NC(=O)OCc1ccccc1.O=S([O-])c1cccc(F)c1. The van der Waals surface area contributed by atoms with E-state index < -0.39 is 23.0 Å². The molecule has 1 unspecified atom stereocenters. The lowest BCUT2D eigenvalue weighted by atomic mass is 10.2. The molecule has 1 atom stereocenters. The number of benzene rings is 2. The molecule has 148 valence electrons. The summed E-state index contributed by atoms with van der Waals surface area (Å²) in [5.74, 6) is -0.540. The van der Waals surface area contributed by atoms with E-state index in [-0.39, 0.29) is 11.5 Å². The molecule has 1 aliphatic rings. The van der Waals surface area contributed by atoms with Crippen LogP contribution in [0, 0.1) is 5.82 Å². The molecule has 1 saturated heterocycles. The van der Waals surface area contributed by atoms with Crippen molar-refractivity contribution in [2.75, 3.05) is 13.1 Å². The average molecular weight is 395 g/mol. The maximum absolute atomic E-state index is 12.3. The van der Waals surface area contributed by atoms with Crippen LogP contribution in [0.5, 0.6) is 0 Å². The lowest BCUT2D eigenvalue weighted by Gasteiger charge is -2.08. The summed E-state index contributed by atoms with van der Waals surface area (Å²) in [4.78, 5) is 10.1. The van der Waals surface area contributed by atoms with Gasteiger partial charge in [0.15, 0.2) is 0 Å². The van der Waals surface area contributed by atoms with Gasteiger partial charge in [-0.2, -0.15) is 0 Å². The smallest absolute Gasteiger partial charge is 0.404 e. The number of halogens is 1. The molecule has 2 aromatic rings. The number of rotatable bonds is 3. The van der Waals surface area contributed by atoms with E-state index in [4.69, 9.17) is 5.73 Å². The Hall–Kier alpha value is -2.29. The maximum atomic E-state index is 12.3. The van der Waals surface area contributed by atoms with Crippen molar-refractivity contribution in [2.24, 2.45) is 5.73 Å². The summed E-state index contributed by atoms with van der Waals surface area (Å²) >= 11 is -2.33. The van der Waals surface area contributed by atoms with Crippen LogP contribution in [0.25, 0.3) is 0 Å². The first-order chi connectivity index (χ1) is 13.0. The number of amides is 1. The van der Waals surface area contributed by atoms with Crippen LogP contribution in [0.2, 0.25) is 0 Å². The van der Waals surface area contributed by atoms with E-state index >= 15 is 0 Å². The fourth-order valence-electron chi connectivity index (χ4n) is 2.10. The van der Waals surface area contributed by atoms with E-state index in [1.54, 1.807) is 0 Å². The molecule has 6 nitrogen and oxygen atoms in total. The Bertz CT molecular complexity index is 686. The van der Waals surface area contributed by atoms with E-state index in [0.717, 1.165) is 11.6 Å². The summed E-state index contributed by atoms with van der Waals surface area (Å²) in [5.41, 5.74) is 5.72. The van der Waals surface area contributed by atoms with Crippen LogP contribution in [-0.2, 0) is 22.4 Å². The first-order valence-corrected chi connectivity index (χ1v) is 9.58. The van der Waals surface area contributed by atoms with Gasteiger partial charge in [0.05, 0.1) is 0 Å². The zero-order valence-corrected chi connectivity index (χ0v) is 15.8. The van der Waals surface area contributed by atoms with E-state index in [9.17, 15) is 17.9 Å². The van der Waals surface area contributed by atoms with Crippen molar-refractivity contribution in [1.82, 2.24) is 5.32 Å². The molecular weight excluding hydrogens is 371 g/mol. The highest BCUT2D eigenvalue weighted by molar-refractivity contribution is 7.79. The molecule has 1 fully saturated rings. The molecule has 1 aliphatic heterocycles. The Balaban J connectivity index is 0.000000211. The van der Waals surface area contributed by atoms with Crippen molar-refractivity contribution in [3.8, 4) is 0 Å². The molecule has 0 bridgehead atoms. The maximum Gasteiger partial charge on any atom is 0.404 e. The predicted octanol–water partition coefficient (Wildman–Crippen LogP) is 3.11. The minimum absolute atomic E-state index is 0.0278. The van der Waals surface area contributed by atoms with Gasteiger partial charge < -0.3 is 20.3 Å². The number of hydrogen-bond donors (Lipinski definition) is 2. The number of hydrogen-bond acceptors (Lipinski definition) is 5. The van der Waals surface area contributed by atoms with Gasteiger partial charge in [0.25, 0.3) is 0 Å². The Kier molecular flexibility index (Phi) is 11.7. The van der Waals surface area contributed by atoms with Gasteiger partial charge >= 0.3 is 6.09 Å². The topological polar surface area (TPSA) is 104 Å². The zero-order chi connectivity index (χ0) is 19.9. The van der Waals surface area contributed by atoms with E-state index in [1.807, 2.05) is 30.3 Å². The van der Waals surface area contributed by atoms with Gasteiger partial charge in [-0.05, 0) is 60.8 Å². The lowest BCUT2D eigenvalue weighted by molar-refractivity contribution is 0.150. The highest BCUT2D eigenvalue weighted by Gasteiger charge is 1.94. The van der Waals surface area contributed by atoms with Crippen LogP contribution in [-0.4, -0.2) is 27.9 Å². The molecule has 2 aromatic carbocycles. The van der Waals surface area contributed by atoms with Gasteiger partial charge in [0, 0.05) is 4.90 Å². The monoisotopic (exact) mass is 395 g/mol. The Labute approximate surface area is 161 Å². The standard InChI is InChI=1S/C8H9NO2.C6H5FO2S.C5H11N/c9-8(10)11-6-7-4-2-1-3-5-7;7-5-2-1-3-6(4-5)10(8)9;1-2-4-6-5-3-1/h1-5H,6H2,(H2,9,10);1-4H,(H,8,9);6H,1-5H2/p-1. The lowest BCUT2D eigenvalue weighted by Crippen LogP contribution is -2.21. The summed E-state index contributed by atoms with van der Waals surface area (Å²) in [6.07, 6.45) is 3.47. The molecular formula is C19H24FN2O4S-. The van der Waals surface area contributed by atoms with Crippen LogP contribution < -0.4 is 11.1 Å². The van der Waals surface area contributed by atoms with Gasteiger partial charge in [-0.3, -0.25) is 4.21 Å². The fraction of sp³-hybridized carbons (Fsp3) is 0.316. The fourth-order valence-corrected chi connectivity index (χ4v) is 2.50. The largest absolute Gasteiger partial charge is 0.768 e. The number of nitrogens with two attached hydrogens (primary N) is 1. The molecule has 0 aliphatic carbocycles. The highest BCUT2D eigenvalue weighted by atomic mass is 32.2. The van der Waals surface area contributed by atoms with Crippen LogP contribution in [0.1, 0.15) is 24.8 Å². The third-order valence-corrected chi connectivity index (χ3v) is 4.06. The Morgan fingerprint density at radius 3 is 2.19 bits per heavy atom. The van der Waals surface area contributed by atoms with Crippen LogP contribution in [0.15, 0.2) is 59.5 Å². The normalized spacial score (nSPS) is 13.9. The summed E-state index contributed by atoms with van der Waals surface area (Å²) in [6.45, 7) is 2.75. The first kappa shape index (κ1) is 22.8. The van der Waals surface area contributed by atoms with Crippen molar-refractivity contribution in [1.29, 1.82) is 0 Å². The predicted molar refractivity (Wildman–Crippen MR) is 101 cm³/mol. The second-order valence-corrected chi connectivity index (χ2v) is 6.54. The molecule has 1 heterocycles. The van der Waals surface area contributed by atoms with E-state index in [0.29, 0.717) is 0 Å². The zero-order valence-electron chi connectivity index (χ0n) is 14.9. The van der Waals surface area contributed by atoms with Crippen molar-refractivity contribution in [2.45, 2.75) is 30.8 Å². The molecule has 0 aromatic heterocycles. The first-order valence-electron chi connectivity index (χ1n) is 8.50. The van der Waals surface area contributed by atoms with E-state index in [2.05, 4.69) is 10.1 Å². The minimum atomic E-state index is -2.33. The van der Waals surface area contributed by atoms with Crippen molar-refractivity contribution in [3.63, 3.8) is 0 Å². The molecule has 0 saturated carbocycles. The van der Waals surface area contributed by atoms with E-state index in [1.165, 1.54) is 50.6 Å². The van der Waals surface area contributed by atoms with Crippen LogP contribution in [0.3, 0.4) is 0 Å². The van der Waals surface area contributed by atoms with Crippen LogP contribution >= 0.6 is 0 Å². The quantitative estimate of drug-likeness (QED) is 0.777. The third kappa shape index (κ3) is 11.8. The second kappa shape index (κ2) is 13.9. The summed E-state index contributed by atoms with van der Waals surface area (Å²) in [7, 11) is 0. The highest BCUT2D eigenvalue weighted by Crippen LogP contribution is 2.05. The Morgan fingerprint density at radius 1 is 1.11 bits per heavy atom. The molecule has 1 amide bonds. The number of ether oxygens (including phenoxy) is 1. The summed E-state index contributed by atoms with van der Waals surface area (Å²) in [6, 6.07) is 14.2. The van der Waals surface area contributed by atoms with Gasteiger partial charge in [0.1, 0.15) is 12.4 Å². The number of carbonyl (C=O) groups excluding carboxylic acids is 1. The second-order valence-electron chi connectivity index (χ2n) is 5.60. The summed E-state index contributed by atoms with van der Waals surface area (Å²) < 4.78 is 37.2. The minimum Gasteiger partial charge on any atom is -0.768 e. The molecule has 0 radical (unpaired) electrons. The third-order valence-electron chi connectivity index (χ3n) is 3.42. The number of primary amides is 1. The molecule has 27 heavy (non-hydrogen) atoms. The number of nitrogens with one attached hydrogen (secondary N) is 1.